The second kappa shape index (κ2) is 6.96. The van der Waals surface area contributed by atoms with Gasteiger partial charge in [-0.2, -0.15) is 0 Å². The van der Waals surface area contributed by atoms with Gasteiger partial charge in [-0.25, -0.2) is 4.98 Å². The van der Waals surface area contributed by atoms with E-state index in [4.69, 9.17) is 4.74 Å². The van der Waals surface area contributed by atoms with E-state index in [0.29, 0.717) is 30.9 Å². The Morgan fingerprint density at radius 3 is 2.74 bits per heavy atom. The van der Waals surface area contributed by atoms with Gasteiger partial charge < -0.3 is 4.74 Å². The summed E-state index contributed by atoms with van der Waals surface area (Å²) in [6.45, 7) is 2.91. The highest BCUT2D eigenvalue weighted by molar-refractivity contribution is 5.76. The Hall–Kier alpha value is -2.99. The molecule has 0 aliphatic carbocycles. The van der Waals surface area contributed by atoms with Crippen LogP contribution in [0.5, 0.6) is 0 Å². The van der Waals surface area contributed by atoms with Crippen LogP contribution in [0.25, 0.3) is 5.65 Å². The van der Waals surface area contributed by atoms with Crippen molar-refractivity contribution in [3.63, 3.8) is 0 Å². The zero-order chi connectivity index (χ0) is 19.0. The second-order valence-electron chi connectivity index (χ2n) is 6.86. The molecule has 1 aromatic carbocycles. The Bertz CT molecular complexity index is 1070. The van der Waals surface area contributed by atoms with Gasteiger partial charge in [0, 0.05) is 24.8 Å². The monoisotopic (exact) mass is 363 g/mol. The number of aryl methyl sites for hydroxylation is 1. The Morgan fingerprint density at radius 2 is 1.96 bits per heavy atom. The van der Waals surface area contributed by atoms with Crippen molar-refractivity contribution in [3.05, 3.63) is 81.4 Å². The van der Waals surface area contributed by atoms with Crippen molar-refractivity contribution in [1.82, 2.24) is 14.3 Å². The van der Waals surface area contributed by atoms with Gasteiger partial charge in [0.15, 0.2) is 0 Å². The van der Waals surface area contributed by atoms with E-state index in [0.717, 1.165) is 11.3 Å². The van der Waals surface area contributed by atoms with Crippen LogP contribution < -0.4 is 5.56 Å². The van der Waals surface area contributed by atoms with E-state index < -0.39 is 0 Å². The summed E-state index contributed by atoms with van der Waals surface area (Å²) < 4.78 is 6.61. The Balaban J connectivity index is 1.70. The summed E-state index contributed by atoms with van der Waals surface area (Å²) >= 11 is 0. The maximum Gasteiger partial charge on any atom is 0.323 e. The maximum atomic E-state index is 12.5. The van der Waals surface area contributed by atoms with Crippen molar-refractivity contribution in [2.45, 2.75) is 32.5 Å². The van der Waals surface area contributed by atoms with E-state index in [1.807, 2.05) is 48.2 Å². The highest BCUT2D eigenvalue weighted by atomic mass is 16.5. The van der Waals surface area contributed by atoms with Crippen molar-refractivity contribution in [2.24, 2.45) is 0 Å². The number of carbonyl (C=O) groups is 1. The van der Waals surface area contributed by atoms with Crippen molar-refractivity contribution >= 4 is 11.6 Å². The first-order valence-electron chi connectivity index (χ1n) is 8.94. The Kier molecular flexibility index (Phi) is 4.49. The first-order chi connectivity index (χ1) is 13.1. The van der Waals surface area contributed by atoms with Crippen LogP contribution in [0.2, 0.25) is 0 Å². The average Bonchev–Trinajstić information content (AvgIpc) is 2.66. The molecule has 3 heterocycles. The summed E-state index contributed by atoms with van der Waals surface area (Å²) in [6.07, 6.45) is 0.592. The lowest BCUT2D eigenvalue weighted by Gasteiger charge is -2.34. The van der Waals surface area contributed by atoms with E-state index in [2.05, 4.69) is 11.1 Å². The number of rotatable bonds is 3. The molecule has 0 saturated carbocycles. The molecular weight excluding hydrogens is 342 g/mol. The van der Waals surface area contributed by atoms with Crippen LogP contribution in [0.3, 0.4) is 0 Å². The van der Waals surface area contributed by atoms with Crippen LogP contribution >= 0.6 is 0 Å². The second-order valence-corrected chi connectivity index (χ2v) is 6.86. The van der Waals surface area contributed by atoms with Crippen LogP contribution in [0.1, 0.15) is 22.5 Å². The topological polar surface area (TPSA) is 63.9 Å². The average molecular weight is 363 g/mol. The van der Waals surface area contributed by atoms with Gasteiger partial charge in [-0.05, 0) is 36.6 Å². The summed E-state index contributed by atoms with van der Waals surface area (Å²) in [6, 6.07) is 14.8. The lowest BCUT2D eigenvalue weighted by atomic mass is 9.94. The summed E-state index contributed by atoms with van der Waals surface area (Å²) in [7, 11) is 1.41. The first-order valence-corrected chi connectivity index (χ1v) is 8.94. The number of esters is 1. The smallest absolute Gasteiger partial charge is 0.323 e. The molecular formula is C21H21N3O3. The molecule has 0 radical (unpaired) electrons. The van der Waals surface area contributed by atoms with Gasteiger partial charge >= 0.3 is 5.97 Å². The van der Waals surface area contributed by atoms with Gasteiger partial charge in [0.1, 0.15) is 11.7 Å². The van der Waals surface area contributed by atoms with Crippen molar-refractivity contribution < 1.29 is 9.53 Å². The van der Waals surface area contributed by atoms with E-state index in [1.54, 1.807) is 10.5 Å². The molecule has 1 atom stereocenters. The molecule has 1 aliphatic rings. The van der Waals surface area contributed by atoms with Gasteiger partial charge in [-0.15, -0.1) is 0 Å². The third kappa shape index (κ3) is 3.24. The molecule has 0 amide bonds. The number of fused-ring (bicyclic) bond motifs is 2. The zero-order valence-corrected chi connectivity index (χ0v) is 15.4. The van der Waals surface area contributed by atoms with E-state index in [-0.39, 0.29) is 17.6 Å². The number of benzene rings is 1. The minimum atomic E-state index is -0.386. The molecule has 2 aromatic heterocycles. The highest BCUT2D eigenvalue weighted by Crippen LogP contribution is 2.25. The van der Waals surface area contributed by atoms with Gasteiger partial charge in [0.2, 0.25) is 0 Å². The van der Waals surface area contributed by atoms with Gasteiger partial charge in [-0.3, -0.25) is 18.9 Å². The summed E-state index contributed by atoms with van der Waals surface area (Å²) in [4.78, 5) is 31.6. The molecule has 6 heteroatoms. The van der Waals surface area contributed by atoms with Crippen LogP contribution in [-0.4, -0.2) is 33.4 Å². The molecule has 0 spiro atoms. The van der Waals surface area contributed by atoms with Gasteiger partial charge in [0.05, 0.1) is 12.8 Å². The summed E-state index contributed by atoms with van der Waals surface area (Å²) in [5, 5.41) is 0. The van der Waals surface area contributed by atoms with Gasteiger partial charge in [0.25, 0.3) is 5.56 Å². The molecule has 1 aliphatic heterocycles. The number of carbonyl (C=O) groups excluding carboxylic acids is 1. The van der Waals surface area contributed by atoms with E-state index in [1.165, 1.54) is 12.7 Å². The van der Waals surface area contributed by atoms with Crippen LogP contribution in [0.4, 0.5) is 0 Å². The minimum absolute atomic E-state index is 0.111. The third-order valence-corrected chi connectivity index (χ3v) is 5.12. The molecule has 0 fully saturated rings. The van der Waals surface area contributed by atoms with Crippen LogP contribution in [-0.2, 0) is 29.0 Å². The van der Waals surface area contributed by atoms with E-state index in [9.17, 15) is 9.59 Å². The predicted octanol–water partition coefficient (Wildman–Crippen LogP) is 2.10. The first kappa shape index (κ1) is 17.4. The molecule has 27 heavy (non-hydrogen) atoms. The number of ether oxygens (including phenoxy) is 1. The van der Waals surface area contributed by atoms with Crippen LogP contribution in [0, 0.1) is 6.92 Å². The number of pyridine rings is 1. The number of methoxy groups -OCH3 is 1. The van der Waals surface area contributed by atoms with Crippen LogP contribution in [0.15, 0.2) is 53.3 Å². The Labute approximate surface area is 157 Å². The van der Waals surface area contributed by atoms with Crippen molar-refractivity contribution in [1.29, 1.82) is 0 Å². The number of hydrogen-bond acceptors (Lipinski definition) is 5. The maximum absolute atomic E-state index is 12.5. The normalized spacial score (nSPS) is 16.9. The molecule has 0 bridgehead atoms. The largest absolute Gasteiger partial charge is 0.468 e. The number of nitrogens with zero attached hydrogens (tertiary/aromatic N) is 3. The third-order valence-electron chi connectivity index (χ3n) is 5.12. The molecule has 0 N–H and O–H groups in total. The quantitative estimate of drug-likeness (QED) is 0.667. The minimum Gasteiger partial charge on any atom is -0.468 e. The molecule has 3 aromatic rings. The van der Waals surface area contributed by atoms with Crippen molar-refractivity contribution in [2.75, 3.05) is 7.11 Å². The lowest BCUT2D eigenvalue weighted by Crippen LogP contribution is -2.45. The summed E-state index contributed by atoms with van der Waals surface area (Å²) in [5.74, 6) is -0.266. The summed E-state index contributed by atoms with van der Waals surface area (Å²) in [5.41, 5.74) is 4.34. The zero-order valence-electron chi connectivity index (χ0n) is 15.4. The number of aromatic nitrogens is 2. The van der Waals surface area contributed by atoms with E-state index >= 15 is 0 Å². The van der Waals surface area contributed by atoms with Crippen molar-refractivity contribution in [3.8, 4) is 0 Å². The fourth-order valence-corrected chi connectivity index (χ4v) is 3.76. The molecule has 138 valence electrons. The standard InChI is InChI=1S/C21H21N3O3/c1-14-6-5-9-19-22-17(11-20(25)24(14)19)13-23-12-16-8-4-3-7-15(16)10-18(23)21(26)27-2/h3-9,11,18H,10,12-13H2,1-2H3/t18-/m1/s1. The highest BCUT2D eigenvalue weighted by Gasteiger charge is 2.32. The van der Waals surface area contributed by atoms with Gasteiger partial charge in [-0.1, -0.05) is 30.3 Å². The lowest BCUT2D eigenvalue weighted by molar-refractivity contribution is -0.148. The molecule has 6 nitrogen and oxygen atoms in total. The fourth-order valence-electron chi connectivity index (χ4n) is 3.76. The molecule has 0 saturated heterocycles. The fraction of sp³-hybridized carbons (Fsp3) is 0.286. The molecule has 4 rings (SSSR count). The molecule has 0 unspecified atom stereocenters. The Morgan fingerprint density at radius 1 is 1.19 bits per heavy atom. The predicted molar refractivity (Wildman–Crippen MR) is 101 cm³/mol. The number of hydrogen-bond donors (Lipinski definition) is 0. The SMILES string of the molecule is COC(=O)[C@H]1Cc2ccccc2CN1Cc1cc(=O)n2c(C)cccc2n1.